The second kappa shape index (κ2) is 9.66. The van der Waals surface area contributed by atoms with Gasteiger partial charge in [-0.25, -0.2) is 4.39 Å². The number of anilines is 1. The van der Waals surface area contributed by atoms with Crippen LogP contribution in [0, 0.1) is 17.3 Å². The number of benzene rings is 2. The summed E-state index contributed by atoms with van der Waals surface area (Å²) in [5, 5.41) is 3.75. The lowest BCUT2D eigenvalue weighted by Crippen LogP contribution is -2.43. The first-order valence-corrected chi connectivity index (χ1v) is 13.4. The summed E-state index contributed by atoms with van der Waals surface area (Å²) in [7, 11) is -2.02. The lowest BCUT2D eigenvalue weighted by molar-refractivity contribution is 0.102. The lowest BCUT2D eigenvalue weighted by atomic mass is 10.1. The van der Waals surface area contributed by atoms with Crippen molar-refractivity contribution < 1.29 is 9.18 Å². The number of hydrogen-bond donors (Lipinski definition) is 1. The fourth-order valence-electron chi connectivity index (χ4n) is 4.86. The zero-order valence-corrected chi connectivity index (χ0v) is 20.7. The number of nitrogens with zero attached hydrogens (tertiary/aromatic N) is 1. The van der Waals surface area contributed by atoms with E-state index in [4.69, 9.17) is 0 Å². The summed E-state index contributed by atoms with van der Waals surface area (Å²) in [4.78, 5) is 17.6. The molecule has 0 aliphatic heterocycles. The van der Waals surface area contributed by atoms with Crippen molar-refractivity contribution in [1.82, 2.24) is 4.98 Å². The first-order chi connectivity index (χ1) is 15.2. The summed E-state index contributed by atoms with van der Waals surface area (Å²) in [5.74, 6) is 2.15. The van der Waals surface area contributed by atoms with E-state index in [0.717, 1.165) is 5.39 Å². The molecular formula is C27H31FN2OSi. The molecule has 1 aromatic heterocycles. The number of carbonyl (C=O) groups excluding carboxylic acids is 1. The van der Waals surface area contributed by atoms with Crippen LogP contribution in [0.1, 0.15) is 57.5 Å². The van der Waals surface area contributed by atoms with Gasteiger partial charge in [0.2, 0.25) is 0 Å². The summed E-state index contributed by atoms with van der Waals surface area (Å²) < 4.78 is 14.9. The molecule has 1 heterocycles. The third-order valence-corrected chi connectivity index (χ3v) is 12.7. The molecule has 0 bridgehead atoms. The normalized spacial score (nSPS) is 11.7. The molecule has 0 atom stereocenters. The molecule has 0 fully saturated rings. The van der Waals surface area contributed by atoms with Gasteiger partial charge in [0.25, 0.3) is 5.91 Å². The second-order valence-electron chi connectivity index (χ2n) is 9.14. The molecule has 0 aliphatic rings. The molecule has 0 saturated carbocycles. The minimum Gasteiger partial charge on any atom is -0.320 e. The van der Waals surface area contributed by atoms with Gasteiger partial charge < -0.3 is 5.32 Å². The zero-order chi connectivity index (χ0) is 23.5. The van der Waals surface area contributed by atoms with E-state index in [2.05, 4.69) is 63.3 Å². The van der Waals surface area contributed by atoms with Gasteiger partial charge in [0.05, 0.1) is 16.8 Å². The molecule has 0 aliphatic carbocycles. The highest BCUT2D eigenvalue weighted by molar-refractivity contribution is 6.90. The maximum atomic E-state index is 14.9. The Morgan fingerprint density at radius 3 is 2.22 bits per heavy atom. The molecule has 3 rings (SSSR count). The van der Waals surface area contributed by atoms with Crippen LogP contribution in [-0.2, 0) is 0 Å². The van der Waals surface area contributed by atoms with Gasteiger partial charge >= 0.3 is 0 Å². The highest BCUT2D eigenvalue weighted by Crippen LogP contribution is 2.40. The Morgan fingerprint density at radius 1 is 0.938 bits per heavy atom. The number of fused-ring (bicyclic) bond motifs is 1. The zero-order valence-electron chi connectivity index (χ0n) is 19.7. The summed E-state index contributed by atoms with van der Waals surface area (Å²) in [6, 6.07) is 13.9. The minimum atomic E-state index is -2.02. The van der Waals surface area contributed by atoms with E-state index in [9.17, 15) is 9.18 Å². The Labute approximate surface area is 191 Å². The molecule has 0 radical (unpaired) electrons. The van der Waals surface area contributed by atoms with E-state index in [1.165, 1.54) is 6.07 Å². The van der Waals surface area contributed by atoms with Crippen molar-refractivity contribution >= 4 is 30.6 Å². The summed E-state index contributed by atoms with van der Waals surface area (Å²) >= 11 is 0. The third-order valence-electron chi connectivity index (χ3n) is 6.40. The Balaban J connectivity index is 2.06. The molecule has 3 nitrogen and oxygen atoms in total. The van der Waals surface area contributed by atoms with Crippen molar-refractivity contribution in [3.8, 4) is 11.5 Å². The Morgan fingerprint density at radius 2 is 1.56 bits per heavy atom. The molecule has 1 amide bonds. The van der Waals surface area contributed by atoms with Crippen molar-refractivity contribution in [1.29, 1.82) is 0 Å². The van der Waals surface area contributed by atoms with Crippen LogP contribution < -0.4 is 5.32 Å². The van der Waals surface area contributed by atoms with Crippen LogP contribution in [0.3, 0.4) is 0 Å². The van der Waals surface area contributed by atoms with Gasteiger partial charge in [-0.3, -0.25) is 9.78 Å². The van der Waals surface area contributed by atoms with Crippen LogP contribution in [0.2, 0.25) is 16.6 Å². The topological polar surface area (TPSA) is 42.0 Å². The van der Waals surface area contributed by atoms with E-state index in [-0.39, 0.29) is 5.56 Å². The van der Waals surface area contributed by atoms with Gasteiger partial charge in [-0.1, -0.05) is 71.7 Å². The molecule has 0 spiro atoms. The van der Waals surface area contributed by atoms with Gasteiger partial charge in [-0.05, 0) is 40.9 Å². The molecule has 32 heavy (non-hydrogen) atoms. The molecule has 3 aromatic rings. The van der Waals surface area contributed by atoms with Gasteiger partial charge in [0.1, 0.15) is 13.9 Å². The molecule has 2 aromatic carbocycles. The van der Waals surface area contributed by atoms with Gasteiger partial charge in [0, 0.05) is 17.1 Å². The number of amides is 1. The first-order valence-electron chi connectivity index (χ1n) is 11.1. The monoisotopic (exact) mass is 446 g/mol. The van der Waals surface area contributed by atoms with Crippen molar-refractivity contribution in [2.24, 2.45) is 0 Å². The van der Waals surface area contributed by atoms with E-state index < -0.39 is 19.8 Å². The van der Waals surface area contributed by atoms with Gasteiger partial charge in [-0.15, -0.1) is 5.54 Å². The van der Waals surface area contributed by atoms with Crippen LogP contribution >= 0.6 is 0 Å². The minimum absolute atomic E-state index is 0.0212. The smallest absolute Gasteiger partial charge is 0.259 e. The Bertz CT molecular complexity index is 1160. The number of carbonyl (C=O) groups is 1. The molecule has 1 N–H and O–H groups in total. The second-order valence-corrected chi connectivity index (χ2v) is 14.7. The average molecular weight is 447 g/mol. The van der Waals surface area contributed by atoms with E-state index >= 15 is 0 Å². The van der Waals surface area contributed by atoms with E-state index in [1.807, 2.05) is 24.3 Å². The molecule has 0 saturated heterocycles. The Kier molecular flexibility index (Phi) is 7.15. The Hall–Kier alpha value is -2.97. The summed E-state index contributed by atoms with van der Waals surface area (Å²) in [5.41, 5.74) is 6.55. The van der Waals surface area contributed by atoms with Crippen LogP contribution in [0.5, 0.6) is 0 Å². The maximum Gasteiger partial charge on any atom is 0.259 e. The average Bonchev–Trinajstić information content (AvgIpc) is 2.73. The first kappa shape index (κ1) is 23.7. The highest BCUT2D eigenvalue weighted by atomic mass is 28.3. The number of halogens is 1. The third kappa shape index (κ3) is 4.47. The van der Waals surface area contributed by atoms with Gasteiger partial charge in [-0.2, -0.15) is 0 Å². The molecule has 5 heteroatoms. The van der Waals surface area contributed by atoms with E-state index in [1.54, 1.807) is 24.4 Å². The summed E-state index contributed by atoms with van der Waals surface area (Å²) in [6.07, 6.45) is 1.67. The van der Waals surface area contributed by atoms with Crippen molar-refractivity contribution in [3.63, 3.8) is 0 Å². The largest absolute Gasteiger partial charge is 0.320 e. The van der Waals surface area contributed by atoms with Crippen LogP contribution in [0.25, 0.3) is 10.9 Å². The fraction of sp³-hybridized carbons (Fsp3) is 0.333. The predicted octanol–water partition coefficient (Wildman–Crippen LogP) is 7.20. The summed E-state index contributed by atoms with van der Waals surface area (Å²) in [6.45, 7) is 13.4. The van der Waals surface area contributed by atoms with Crippen LogP contribution in [0.15, 0.2) is 54.7 Å². The molecule has 166 valence electrons. The number of para-hydroxylation sites is 1. The quantitative estimate of drug-likeness (QED) is 0.333. The van der Waals surface area contributed by atoms with Crippen LogP contribution in [0.4, 0.5) is 10.1 Å². The number of aromatic nitrogens is 1. The highest BCUT2D eigenvalue weighted by Gasteiger charge is 2.41. The lowest BCUT2D eigenvalue weighted by Gasteiger charge is -2.38. The number of hydrogen-bond acceptors (Lipinski definition) is 2. The van der Waals surface area contributed by atoms with E-state index in [0.29, 0.717) is 33.4 Å². The van der Waals surface area contributed by atoms with Crippen molar-refractivity contribution in [2.45, 2.75) is 58.2 Å². The number of rotatable bonds is 5. The maximum absolute atomic E-state index is 14.9. The molecule has 0 unspecified atom stereocenters. The number of pyridine rings is 1. The number of nitrogens with one attached hydrogen (secondary N) is 1. The predicted molar refractivity (Wildman–Crippen MR) is 134 cm³/mol. The standard InChI is InChI=1S/C27H31FN2OSi/c1-18(2)32(19(3)4,20(5)6)17-15-21-10-7-13-23(28)25(21)27(31)30-24-14-8-11-22-12-9-16-29-26(22)24/h7-14,16,18-20H,1-6H3,(H,30,31). The van der Waals surface area contributed by atoms with Gasteiger partial charge in [0.15, 0.2) is 0 Å². The SMILES string of the molecule is CC(C)[Si](C#Cc1cccc(F)c1C(=O)Nc1cccc2cccnc12)(C(C)C)C(C)C. The van der Waals surface area contributed by atoms with Crippen molar-refractivity contribution in [3.05, 3.63) is 71.7 Å². The molecular weight excluding hydrogens is 415 g/mol. The van der Waals surface area contributed by atoms with Crippen molar-refractivity contribution in [2.75, 3.05) is 5.32 Å². The van der Waals surface area contributed by atoms with Crippen LogP contribution in [-0.4, -0.2) is 19.0 Å². The fourth-order valence-corrected chi connectivity index (χ4v) is 10.1.